The summed E-state index contributed by atoms with van der Waals surface area (Å²) in [5.41, 5.74) is 3.81. The number of carbonyl (C=O) groups excluding carboxylic acids is 1. The Kier molecular flexibility index (Phi) is 4.15. The van der Waals surface area contributed by atoms with Crippen LogP contribution in [0.1, 0.15) is 16.1 Å². The smallest absolute Gasteiger partial charge is 0.277 e. The molecule has 0 unspecified atom stereocenters. The van der Waals surface area contributed by atoms with Gasteiger partial charge in [-0.3, -0.25) is 4.79 Å². The summed E-state index contributed by atoms with van der Waals surface area (Å²) in [7, 11) is 0. The van der Waals surface area contributed by atoms with Crippen molar-refractivity contribution in [2.45, 2.75) is 6.42 Å². The fourth-order valence-corrected chi connectivity index (χ4v) is 3.55. The highest BCUT2D eigenvalue weighted by Gasteiger charge is 2.26. The highest BCUT2D eigenvalue weighted by molar-refractivity contribution is 6.35. The standard InChI is InChI=1S/C19H13Cl2N3O/c20-14-7-13(8-15(21)9-14)16-10-17(23-11-22-16)19(25)24-6-5-12-3-1-2-4-18(12)24/h1-4,7-11H,5-6H2. The molecule has 0 fully saturated rings. The highest BCUT2D eigenvalue weighted by atomic mass is 35.5. The summed E-state index contributed by atoms with van der Waals surface area (Å²) >= 11 is 12.1. The molecule has 0 aliphatic carbocycles. The highest BCUT2D eigenvalue weighted by Crippen LogP contribution is 2.30. The molecule has 124 valence electrons. The Morgan fingerprint density at radius 3 is 2.56 bits per heavy atom. The van der Waals surface area contributed by atoms with Crippen LogP contribution in [0.5, 0.6) is 0 Å². The molecule has 0 radical (unpaired) electrons. The van der Waals surface area contributed by atoms with E-state index in [-0.39, 0.29) is 5.91 Å². The Morgan fingerprint density at radius 2 is 1.76 bits per heavy atom. The second-order valence-electron chi connectivity index (χ2n) is 5.78. The van der Waals surface area contributed by atoms with Gasteiger partial charge in [0, 0.05) is 27.8 Å². The van der Waals surface area contributed by atoms with E-state index in [4.69, 9.17) is 23.2 Å². The van der Waals surface area contributed by atoms with Crippen LogP contribution in [-0.2, 0) is 6.42 Å². The van der Waals surface area contributed by atoms with Gasteiger partial charge in [0.15, 0.2) is 0 Å². The molecule has 1 aromatic heterocycles. The molecular formula is C19H13Cl2N3O. The number of halogens is 2. The number of rotatable bonds is 2. The molecule has 1 aliphatic rings. The quantitative estimate of drug-likeness (QED) is 0.660. The largest absolute Gasteiger partial charge is 0.306 e. The zero-order chi connectivity index (χ0) is 17.4. The molecule has 25 heavy (non-hydrogen) atoms. The van der Waals surface area contributed by atoms with E-state index < -0.39 is 0 Å². The van der Waals surface area contributed by atoms with E-state index in [9.17, 15) is 4.79 Å². The molecular weight excluding hydrogens is 357 g/mol. The molecule has 0 saturated carbocycles. The number of nitrogens with zero attached hydrogens (tertiary/aromatic N) is 3. The van der Waals surface area contributed by atoms with Crippen molar-refractivity contribution in [1.82, 2.24) is 9.97 Å². The number of fused-ring (bicyclic) bond motifs is 1. The van der Waals surface area contributed by atoms with Gasteiger partial charge in [0.2, 0.25) is 0 Å². The number of aromatic nitrogens is 2. The summed E-state index contributed by atoms with van der Waals surface area (Å²) in [5.74, 6) is -0.137. The van der Waals surface area contributed by atoms with E-state index in [1.807, 2.05) is 24.3 Å². The van der Waals surface area contributed by atoms with Crippen molar-refractivity contribution < 1.29 is 4.79 Å². The molecule has 1 amide bonds. The van der Waals surface area contributed by atoms with E-state index in [0.717, 1.165) is 17.7 Å². The van der Waals surface area contributed by atoms with Crippen molar-refractivity contribution in [2.75, 3.05) is 11.4 Å². The van der Waals surface area contributed by atoms with Crippen molar-refractivity contribution in [1.29, 1.82) is 0 Å². The lowest BCUT2D eigenvalue weighted by atomic mass is 10.1. The van der Waals surface area contributed by atoms with Crippen molar-refractivity contribution in [3.63, 3.8) is 0 Å². The van der Waals surface area contributed by atoms with Gasteiger partial charge in [0.25, 0.3) is 5.91 Å². The van der Waals surface area contributed by atoms with E-state index in [2.05, 4.69) is 9.97 Å². The maximum atomic E-state index is 12.9. The average molecular weight is 370 g/mol. The normalized spacial score (nSPS) is 13.0. The maximum Gasteiger partial charge on any atom is 0.277 e. The van der Waals surface area contributed by atoms with Gasteiger partial charge in [-0.1, -0.05) is 41.4 Å². The van der Waals surface area contributed by atoms with Crippen LogP contribution < -0.4 is 4.90 Å². The Hall–Kier alpha value is -2.43. The minimum absolute atomic E-state index is 0.137. The molecule has 4 nitrogen and oxygen atoms in total. The van der Waals surface area contributed by atoms with E-state index >= 15 is 0 Å². The van der Waals surface area contributed by atoms with Crippen molar-refractivity contribution in [2.24, 2.45) is 0 Å². The molecule has 6 heteroatoms. The predicted molar refractivity (Wildman–Crippen MR) is 99.3 cm³/mol. The molecule has 0 spiro atoms. The lowest BCUT2D eigenvalue weighted by Crippen LogP contribution is -2.29. The number of carbonyl (C=O) groups is 1. The Bertz CT molecular complexity index is 954. The fourth-order valence-electron chi connectivity index (χ4n) is 3.02. The van der Waals surface area contributed by atoms with Gasteiger partial charge in [-0.05, 0) is 42.3 Å². The molecule has 2 aromatic carbocycles. The molecule has 1 aliphatic heterocycles. The SMILES string of the molecule is O=C(c1cc(-c2cc(Cl)cc(Cl)c2)ncn1)N1CCc2ccccc21. The van der Waals surface area contributed by atoms with Crippen LogP contribution in [0.2, 0.25) is 10.0 Å². The van der Waals surface area contributed by atoms with Crippen molar-refractivity contribution in [3.8, 4) is 11.3 Å². The second-order valence-corrected chi connectivity index (χ2v) is 6.65. The molecule has 0 atom stereocenters. The Morgan fingerprint density at radius 1 is 1.00 bits per heavy atom. The Labute approximate surface area is 155 Å². The number of anilines is 1. The van der Waals surface area contributed by atoms with Crippen LogP contribution in [0.15, 0.2) is 54.9 Å². The number of hydrogen-bond acceptors (Lipinski definition) is 3. The van der Waals surface area contributed by atoms with E-state index in [1.54, 1.807) is 29.2 Å². The summed E-state index contributed by atoms with van der Waals surface area (Å²) < 4.78 is 0. The van der Waals surface area contributed by atoms with Crippen LogP contribution in [0.25, 0.3) is 11.3 Å². The van der Waals surface area contributed by atoms with E-state index in [1.165, 1.54) is 11.9 Å². The van der Waals surface area contributed by atoms with Gasteiger partial charge in [-0.2, -0.15) is 0 Å². The minimum atomic E-state index is -0.137. The summed E-state index contributed by atoms with van der Waals surface area (Å²) in [6, 6.07) is 14.8. The third kappa shape index (κ3) is 3.11. The number of amides is 1. The predicted octanol–water partition coefficient (Wildman–Crippen LogP) is 4.65. The lowest BCUT2D eigenvalue weighted by Gasteiger charge is -2.17. The zero-order valence-electron chi connectivity index (χ0n) is 13.1. The Balaban J connectivity index is 1.69. The first-order chi connectivity index (χ1) is 12.1. The van der Waals surface area contributed by atoms with Gasteiger partial charge in [0.1, 0.15) is 12.0 Å². The first-order valence-electron chi connectivity index (χ1n) is 7.80. The molecule has 0 saturated heterocycles. The van der Waals surface area contributed by atoms with Gasteiger partial charge in [0.05, 0.1) is 5.69 Å². The summed E-state index contributed by atoms with van der Waals surface area (Å²) in [6.07, 6.45) is 2.24. The third-order valence-electron chi connectivity index (χ3n) is 4.18. The molecule has 2 heterocycles. The van der Waals surface area contributed by atoms with Crippen LogP contribution >= 0.6 is 23.2 Å². The third-order valence-corrected chi connectivity index (χ3v) is 4.61. The minimum Gasteiger partial charge on any atom is -0.306 e. The first-order valence-corrected chi connectivity index (χ1v) is 8.56. The van der Waals surface area contributed by atoms with Gasteiger partial charge in [-0.15, -0.1) is 0 Å². The van der Waals surface area contributed by atoms with Crippen LogP contribution in [-0.4, -0.2) is 22.4 Å². The summed E-state index contributed by atoms with van der Waals surface area (Å²) in [6.45, 7) is 0.653. The number of para-hydroxylation sites is 1. The van der Waals surface area contributed by atoms with Crippen molar-refractivity contribution in [3.05, 3.63) is 76.2 Å². The number of benzene rings is 2. The molecule has 0 N–H and O–H groups in total. The van der Waals surface area contributed by atoms with Gasteiger partial charge in [-0.25, -0.2) is 9.97 Å². The lowest BCUT2D eigenvalue weighted by molar-refractivity contribution is 0.0984. The topological polar surface area (TPSA) is 46.1 Å². The molecule has 4 rings (SSSR count). The van der Waals surface area contributed by atoms with Gasteiger partial charge >= 0.3 is 0 Å². The van der Waals surface area contributed by atoms with E-state index in [0.29, 0.717) is 28.0 Å². The fraction of sp³-hybridized carbons (Fsp3) is 0.105. The molecule has 0 bridgehead atoms. The summed E-state index contributed by atoms with van der Waals surface area (Å²) in [4.78, 5) is 23.1. The van der Waals surface area contributed by atoms with Gasteiger partial charge < -0.3 is 4.90 Å². The average Bonchev–Trinajstić information content (AvgIpc) is 3.04. The zero-order valence-corrected chi connectivity index (χ0v) is 14.6. The molecule has 3 aromatic rings. The number of hydrogen-bond donors (Lipinski definition) is 0. The summed E-state index contributed by atoms with van der Waals surface area (Å²) in [5, 5.41) is 1.03. The first kappa shape index (κ1) is 16.1. The monoisotopic (exact) mass is 369 g/mol. The van der Waals surface area contributed by atoms with Crippen LogP contribution in [0.4, 0.5) is 5.69 Å². The van der Waals surface area contributed by atoms with Crippen LogP contribution in [0, 0.1) is 0 Å². The van der Waals surface area contributed by atoms with Crippen molar-refractivity contribution >= 4 is 34.8 Å². The second kappa shape index (κ2) is 6.47. The maximum absolute atomic E-state index is 12.9. The van der Waals surface area contributed by atoms with Crippen LogP contribution in [0.3, 0.4) is 0 Å².